The fraction of sp³-hybridized carbons (Fsp3) is 0.350. The highest BCUT2D eigenvalue weighted by atomic mass is 79.9. The van der Waals surface area contributed by atoms with Gasteiger partial charge in [0.25, 0.3) is 0 Å². The number of benzene rings is 1. The molecule has 7 heteroatoms. The van der Waals surface area contributed by atoms with Crippen LogP contribution in [-0.4, -0.2) is 25.9 Å². The van der Waals surface area contributed by atoms with Crippen LogP contribution < -0.4 is 4.74 Å². The molecule has 0 aliphatic heterocycles. The minimum atomic E-state index is 0.195. The van der Waals surface area contributed by atoms with Crippen molar-refractivity contribution in [3.8, 4) is 5.88 Å². The molecule has 1 saturated carbocycles. The van der Waals surface area contributed by atoms with Gasteiger partial charge in [0.05, 0.1) is 11.0 Å². The molecule has 0 amide bonds. The molecule has 140 valence electrons. The average molecular weight is 448 g/mol. The quantitative estimate of drug-likeness (QED) is 0.536. The summed E-state index contributed by atoms with van der Waals surface area (Å²) in [4.78, 5) is 4.30. The molecule has 1 aliphatic carbocycles. The Morgan fingerprint density at radius 3 is 2.63 bits per heavy atom. The van der Waals surface area contributed by atoms with Gasteiger partial charge in [-0.25, -0.2) is 4.98 Å². The zero-order valence-corrected chi connectivity index (χ0v) is 17.1. The Hall–Kier alpha value is -1.92. The van der Waals surface area contributed by atoms with Gasteiger partial charge in [0.2, 0.25) is 5.88 Å². The highest BCUT2D eigenvalue weighted by Crippen LogP contribution is 2.34. The van der Waals surface area contributed by atoms with Crippen LogP contribution >= 0.6 is 27.5 Å². The van der Waals surface area contributed by atoms with Crippen molar-refractivity contribution in [1.29, 1.82) is 0 Å². The molecule has 0 unspecified atom stereocenters. The van der Waals surface area contributed by atoms with E-state index >= 15 is 0 Å². The van der Waals surface area contributed by atoms with Gasteiger partial charge in [-0.1, -0.05) is 23.7 Å². The molecule has 1 aromatic carbocycles. The fourth-order valence-electron chi connectivity index (χ4n) is 3.54. The summed E-state index contributed by atoms with van der Waals surface area (Å²) in [6.45, 7) is 0.761. The van der Waals surface area contributed by atoms with Crippen molar-refractivity contribution in [3.05, 3.63) is 69.8 Å². The van der Waals surface area contributed by atoms with Gasteiger partial charge in [-0.05, 0) is 71.4 Å². The normalized spacial score (nSPS) is 19.8. The van der Waals surface area contributed by atoms with Crippen molar-refractivity contribution in [3.63, 3.8) is 0 Å². The molecular formula is C20H20BrClN4O. The van der Waals surface area contributed by atoms with Gasteiger partial charge in [0.15, 0.2) is 0 Å². The molecular weight excluding hydrogens is 428 g/mol. The molecule has 4 rings (SSSR count). The molecule has 2 aromatic heterocycles. The van der Waals surface area contributed by atoms with E-state index in [9.17, 15) is 0 Å². The predicted octanol–water partition coefficient (Wildman–Crippen LogP) is 5.24. The van der Waals surface area contributed by atoms with Crippen LogP contribution in [0.3, 0.4) is 0 Å². The van der Waals surface area contributed by atoms with Crippen molar-refractivity contribution < 1.29 is 4.74 Å². The number of rotatable bonds is 5. The Morgan fingerprint density at radius 2 is 1.89 bits per heavy atom. The van der Waals surface area contributed by atoms with Crippen LogP contribution in [0.2, 0.25) is 5.02 Å². The summed E-state index contributed by atoms with van der Waals surface area (Å²) in [5, 5.41) is 9.30. The van der Waals surface area contributed by atoms with Crippen molar-refractivity contribution in [2.45, 2.75) is 44.2 Å². The number of aromatic nitrogens is 4. The topological polar surface area (TPSA) is 52.8 Å². The Morgan fingerprint density at radius 1 is 1.11 bits per heavy atom. The third-order valence-electron chi connectivity index (χ3n) is 4.95. The van der Waals surface area contributed by atoms with Crippen LogP contribution in [0.25, 0.3) is 0 Å². The molecule has 0 spiro atoms. The van der Waals surface area contributed by atoms with Gasteiger partial charge in [0, 0.05) is 17.1 Å². The molecule has 0 atom stereocenters. The summed E-state index contributed by atoms with van der Waals surface area (Å²) in [5.41, 5.74) is 1.19. The van der Waals surface area contributed by atoms with Gasteiger partial charge in [-0.2, -0.15) is 0 Å². The number of pyridine rings is 1. The smallest absolute Gasteiger partial charge is 0.228 e. The standard InChI is InChI=1S/C20H20BrClN4O/c21-18-2-1-11-23-20(18)27-17-9-5-15(6-10-17)19-25-24-13-26(19)12-14-3-7-16(22)8-4-14/h1-4,7-8,11,13,15,17H,5-6,9-10,12H2. The van der Waals surface area contributed by atoms with Crippen LogP contribution in [0.1, 0.15) is 43.0 Å². The van der Waals surface area contributed by atoms with E-state index < -0.39 is 0 Å². The summed E-state index contributed by atoms with van der Waals surface area (Å²) in [6, 6.07) is 11.8. The van der Waals surface area contributed by atoms with Crippen LogP contribution in [0, 0.1) is 0 Å². The van der Waals surface area contributed by atoms with Gasteiger partial charge in [0.1, 0.15) is 18.3 Å². The van der Waals surface area contributed by atoms with Crippen LogP contribution in [0.4, 0.5) is 0 Å². The lowest BCUT2D eigenvalue weighted by molar-refractivity contribution is 0.137. The molecule has 0 radical (unpaired) electrons. The van der Waals surface area contributed by atoms with Crippen molar-refractivity contribution in [2.75, 3.05) is 0 Å². The molecule has 1 aliphatic rings. The third-order valence-corrected chi connectivity index (χ3v) is 5.81. The van der Waals surface area contributed by atoms with Gasteiger partial charge >= 0.3 is 0 Å². The monoisotopic (exact) mass is 446 g/mol. The van der Waals surface area contributed by atoms with Gasteiger partial charge in [-0.15, -0.1) is 10.2 Å². The van der Waals surface area contributed by atoms with Crippen molar-refractivity contribution in [1.82, 2.24) is 19.7 Å². The zero-order chi connectivity index (χ0) is 18.6. The summed E-state index contributed by atoms with van der Waals surface area (Å²) in [6.07, 6.45) is 7.81. The second-order valence-corrected chi connectivity index (χ2v) is 8.12. The first-order valence-corrected chi connectivity index (χ1v) is 10.3. The Kier molecular flexibility index (Phi) is 5.74. The van der Waals surface area contributed by atoms with E-state index in [2.05, 4.69) is 35.7 Å². The molecule has 5 nitrogen and oxygen atoms in total. The van der Waals surface area contributed by atoms with E-state index in [0.717, 1.165) is 47.5 Å². The number of hydrogen-bond donors (Lipinski definition) is 0. The average Bonchev–Trinajstić information content (AvgIpc) is 3.14. The largest absolute Gasteiger partial charge is 0.474 e. The first-order chi connectivity index (χ1) is 13.2. The number of ether oxygens (including phenoxy) is 1. The first-order valence-electron chi connectivity index (χ1n) is 9.08. The minimum absolute atomic E-state index is 0.195. The highest BCUT2D eigenvalue weighted by molar-refractivity contribution is 9.10. The maximum atomic E-state index is 6.08. The molecule has 1 fully saturated rings. The lowest BCUT2D eigenvalue weighted by atomic mass is 9.86. The molecule has 0 bridgehead atoms. The van der Waals surface area contributed by atoms with E-state index in [4.69, 9.17) is 16.3 Å². The SMILES string of the molecule is Clc1ccc(Cn2cnnc2C2CCC(Oc3ncccc3Br)CC2)cc1. The molecule has 27 heavy (non-hydrogen) atoms. The summed E-state index contributed by atoms with van der Waals surface area (Å²) in [7, 11) is 0. The Bertz CT molecular complexity index is 891. The second-order valence-electron chi connectivity index (χ2n) is 6.83. The number of hydrogen-bond acceptors (Lipinski definition) is 4. The Labute approximate surface area is 171 Å². The van der Waals surface area contributed by atoms with E-state index in [1.165, 1.54) is 5.56 Å². The highest BCUT2D eigenvalue weighted by Gasteiger charge is 2.27. The minimum Gasteiger partial charge on any atom is -0.474 e. The third kappa shape index (κ3) is 4.50. The fourth-order valence-corrected chi connectivity index (χ4v) is 4.02. The van der Waals surface area contributed by atoms with Crippen molar-refractivity contribution in [2.24, 2.45) is 0 Å². The molecule has 0 saturated heterocycles. The maximum Gasteiger partial charge on any atom is 0.228 e. The van der Waals surface area contributed by atoms with E-state index in [-0.39, 0.29) is 6.10 Å². The van der Waals surface area contributed by atoms with Crippen LogP contribution in [0.15, 0.2) is 53.4 Å². The van der Waals surface area contributed by atoms with E-state index in [1.54, 1.807) is 6.20 Å². The zero-order valence-electron chi connectivity index (χ0n) is 14.8. The van der Waals surface area contributed by atoms with Gasteiger partial charge < -0.3 is 9.30 Å². The summed E-state index contributed by atoms with van der Waals surface area (Å²) < 4.78 is 9.12. The first kappa shape index (κ1) is 18.4. The second kappa shape index (κ2) is 8.40. The molecule has 2 heterocycles. The molecule has 3 aromatic rings. The summed E-state index contributed by atoms with van der Waals surface area (Å²) >= 11 is 9.47. The van der Waals surface area contributed by atoms with E-state index in [0.29, 0.717) is 11.8 Å². The van der Waals surface area contributed by atoms with Crippen molar-refractivity contribution >= 4 is 27.5 Å². The number of halogens is 2. The molecule has 0 N–H and O–H groups in total. The predicted molar refractivity (Wildman–Crippen MR) is 108 cm³/mol. The van der Waals surface area contributed by atoms with Crippen LogP contribution in [0.5, 0.6) is 5.88 Å². The van der Waals surface area contributed by atoms with Crippen LogP contribution in [-0.2, 0) is 6.54 Å². The van der Waals surface area contributed by atoms with E-state index in [1.807, 2.05) is 42.7 Å². The summed E-state index contributed by atoms with van der Waals surface area (Å²) in [5.74, 6) is 2.14. The lowest BCUT2D eigenvalue weighted by Gasteiger charge is -2.28. The Balaban J connectivity index is 1.38. The van der Waals surface area contributed by atoms with Gasteiger partial charge in [-0.3, -0.25) is 0 Å². The maximum absolute atomic E-state index is 6.08. The number of nitrogens with zero attached hydrogens (tertiary/aromatic N) is 4. The lowest BCUT2D eigenvalue weighted by Crippen LogP contribution is -2.25.